The van der Waals surface area contributed by atoms with Crippen molar-refractivity contribution in [2.45, 2.75) is 32.3 Å². The highest BCUT2D eigenvalue weighted by Gasteiger charge is 2.22. The van der Waals surface area contributed by atoms with Crippen LogP contribution in [-0.2, 0) is 12.8 Å². The van der Waals surface area contributed by atoms with Gasteiger partial charge in [0.2, 0.25) is 0 Å². The van der Waals surface area contributed by atoms with Gasteiger partial charge in [0.05, 0.1) is 12.7 Å². The van der Waals surface area contributed by atoms with Crippen molar-refractivity contribution in [2.24, 2.45) is 0 Å². The van der Waals surface area contributed by atoms with Crippen LogP contribution >= 0.6 is 0 Å². The quantitative estimate of drug-likeness (QED) is 0.713. The molecule has 23 heavy (non-hydrogen) atoms. The SMILES string of the molecule is Cc1[nH]ncc1CCCNC(=O)NC[C@H]1Cc2ccccc2O1. The molecule has 1 aromatic heterocycles. The number of nitrogens with one attached hydrogen (secondary N) is 3. The van der Waals surface area contributed by atoms with Crippen molar-refractivity contribution in [2.75, 3.05) is 13.1 Å². The molecule has 1 aliphatic rings. The van der Waals surface area contributed by atoms with E-state index in [1.165, 1.54) is 11.1 Å². The standard InChI is InChI=1S/C17H22N4O2/c1-12-14(10-20-21-12)6-4-8-18-17(22)19-11-15-9-13-5-2-3-7-16(13)23-15/h2-3,5,7,10,15H,4,6,8-9,11H2,1H3,(H,20,21)(H2,18,19,22)/t15-/m1/s1. The van der Waals surface area contributed by atoms with Gasteiger partial charge in [-0.25, -0.2) is 4.79 Å². The Hall–Kier alpha value is -2.50. The number of rotatable bonds is 6. The number of benzene rings is 1. The smallest absolute Gasteiger partial charge is 0.314 e. The lowest BCUT2D eigenvalue weighted by Gasteiger charge is -2.12. The Morgan fingerprint density at radius 3 is 3.04 bits per heavy atom. The molecule has 2 aromatic rings. The van der Waals surface area contributed by atoms with E-state index in [-0.39, 0.29) is 12.1 Å². The van der Waals surface area contributed by atoms with E-state index in [1.807, 2.05) is 31.3 Å². The zero-order chi connectivity index (χ0) is 16.1. The van der Waals surface area contributed by atoms with Crippen LogP contribution < -0.4 is 15.4 Å². The Morgan fingerprint density at radius 1 is 1.39 bits per heavy atom. The summed E-state index contributed by atoms with van der Waals surface area (Å²) in [4.78, 5) is 11.8. The number of H-pyrrole nitrogens is 1. The summed E-state index contributed by atoms with van der Waals surface area (Å²) in [6.45, 7) is 3.16. The van der Waals surface area contributed by atoms with Gasteiger partial charge < -0.3 is 15.4 Å². The fourth-order valence-corrected chi connectivity index (χ4v) is 2.75. The highest BCUT2D eigenvalue weighted by molar-refractivity contribution is 5.73. The summed E-state index contributed by atoms with van der Waals surface area (Å²) in [7, 11) is 0. The van der Waals surface area contributed by atoms with Crippen molar-refractivity contribution in [3.8, 4) is 5.75 Å². The second-order valence-electron chi connectivity index (χ2n) is 5.81. The molecule has 0 fully saturated rings. The predicted octanol–water partition coefficient (Wildman–Crippen LogP) is 1.95. The van der Waals surface area contributed by atoms with Gasteiger partial charge in [-0.05, 0) is 37.0 Å². The van der Waals surface area contributed by atoms with E-state index in [1.54, 1.807) is 0 Å². The van der Waals surface area contributed by atoms with Crippen LogP contribution in [0.25, 0.3) is 0 Å². The van der Waals surface area contributed by atoms with Gasteiger partial charge in [-0.3, -0.25) is 5.10 Å². The molecule has 1 aromatic carbocycles. The first-order chi connectivity index (χ1) is 11.2. The summed E-state index contributed by atoms with van der Waals surface area (Å²) < 4.78 is 5.79. The summed E-state index contributed by atoms with van der Waals surface area (Å²) in [6, 6.07) is 7.85. The van der Waals surface area contributed by atoms with Gasteiger partial charge in [0.15, 0.2) is 0 Å². The molecule has 0 saturated heterocycles. The minimum Gasteiger partial charge on any atom is -0.488 e. The number of nitrogens with zero attached hydrogens (tertiary/aromatic N) is 1. The summed E-state index contributed by atoms with van der Waals surface area (Å²) in [5.41, 5.74) is 3.49. The van der Waals surface area contributed by atoms with Crippen LogP contribution in [0, 0.1) is 6.92 Å². The number of urea groups is 1. The molecule has 0 unspecified atom stereocenters. The molecule has 2 heterocycles. The fourth-order valence-electron chi connectivity index (χ4n) is 2.75. The van der Waals surface area contributed by atoms with Crippen molar-refractivity contribution >= 4 is 6.03 Å². The van der Waals surface area contributed by atoms with E-state index < -0.39 is 0 Å². The normalized spacial score (nSPS) is 15.8. The molecular weight excluding hydrogens is 292 g/mol. The van der Waals surface area contributed by atoms with Gasteiger partial charge in [0.1, 0.15) is 11.9 Å². The third-order valence-electron chi connectivity index (χ3n) is 4.05. The minimum absolute atomic E-state index is 0.0201. The van der Waals surface area contributed by atoms with Gasteiger partial charge in [-0.2, -0.15) is 5.10 Å². The number of carbonyl (C=O) groups is 1. The number of hydrogen-bond acceptors (Lipinski definition) is 3. The van der Waals surface area contributed by atoms with E-state index in [9.17, 15) is 4.79 Å². The fraction of sp³-hybridized carbons (Fsp3) is 0.412. The molecule has 1 atom stereocenters. The van der Waals surface area contributed by atoms with Crippen molar-refractivity contribution in [1.82, 2.24) is 20.8 Å². The molecular formula is C17H22N4O2. The van der Waals surface area contributed by atoms with Crippen molar-refractivity contribution in [3.63, 3.8) is 0 Å². The number of aryl methyl sites for hydroxylation is 2. The van der Waals surface area contributed by atoms with E-state index >= 15 is 0 Å². The van der Waals surface area contributed by atoms with Gasteiger partial charge in [0, 0.05) is 18.7 Å². The lowest BCUT2D eigenvalue weighted by atomic mass is 10.1. The number of para-hydroxylation sites is 1. The van der Waals surface area contributed by atoms with E-state index in [4.69, 9.17) is 4.74 Å². The Balaban J connectivity index is 1.31. The lowest BCUT2D eigenvalue weighted by Crippen LogP contribution is -2.41. The van der Waals surface area contributed by atoms with Crippen molar-refractivity contribution < 1.29 is 9.53 Å². The number of amides is 2. The molecule has 3 N–H and O–H groups in total. The summed E-state index contributed by atoms with van der Waals surface area (Å²) >= 11 is 0. The molecule has 6 nitrogen and oxygen atoms in total. The Labute approximate surface area is 135 Å². The van der Waals surface area contributed by atoms with Crippen LogP contribution in [-0.4, -0.2) is 35.4 Å². The largest absolute Gasteiger partial charge is 0.488 e. The second-order valence-corrected chi connectivity index (χ2v) is 5.81. The molecule has 1 aliphatic heterocycles. The number of aromatic nitrogens is 2. The average Bonchev–Trinajstić information content (AvgIpc) is 3.15. The number of hydrogen-bond donors (Lipinski definition) is 3. The van der Waals surface area contributed by atoms with Crippen LogP contribution in [0.2, 0.25) is 0 Å². The lowest BCUT2D eigenvalue weighted by molar-refractivity contribution is 0.214. The molecule has 0 aliphatic carbocycles. The topological polar surface area (TPSA) is 79.0 Å². The number of ether oxygens (including phenoxy) is 1. The van der Waals surface area contributed by atoms with E-state index in [0.717, 1.165) is 30.7 Å². The number of fused-ring (bicyclic) bond motifs is 1. The van der Waals surface area contributed by atoms with E-state index in [2.05, 4.69) is 26.9 Å². The minimum atomic E-state index is -0.145. The predicted molar refractivity (Wildman–Crippen MR) is 87.6 cm³/mol. The Morgan fingerprint density at radius 2 is 2.26 bits per heavy atom. The van der Waals surface area contributed by atoms with Gasteiger partial charge >= 0.3 is 6.03 Å². The Bertz CT molecular complexity index is 643. The summed E-state index contributed by atoms with van der Waals surface area (Å²) in [5.74, 6) is 0.926. The molecule has 0 radical (unpaired) electrons. The summed E-state index contributed by atoms with van der Waals surface area (Å²) in [6.07, 6.45) is 4.50. The van der Waals surface area contributed by atoms with Crippen LogP contribution in [0.1, 0.15) is 23.2 Å². The molecule has 2 amide bonds. The first kappa shape index (κ1) is 15.4. The maximum atomic E-state index is 11.8. The first-order valence-electron chi connectivity index (χ1n) is 7.97. The van der Waals surface area contributed by atoms with Gasteiger partial charge in [-0.15, -0.1) is 0 Å². The Kier molecular flexibility index (Phi) is 4.80. The van der Waals surface area contributed by atoms with Gasteiger partial charge in [0.25, 0.3) is 0 Å². The maximum Gasteiger partial charge on any atom is 0.314 e. The van der Waals surface area contributed by atoms with Crippen molar-refractivity contribution in [1.29, 1.82) is 0 Å². The van der Waals surface area contributed by atoms with Crippen LogP contribution in [0.5, 0.6) is 5.75 Å². The molecule has 122 valence electrons. The zero-order valence-corrected chi connectivity index (χ0v) is 13.3. The van der Waals surface area contributed by atoms with E-state index in [0.29, 0.717) is 13.1 Å². The highest BCUT2D eigenvalue weighted by atomic mass is 16.5. The molecule has 0 bridgehead atoms. The van der Waals surface area contributed by atoms with Crippen molar-refractivity contribution in [3.05, 3.63) is 47.3 Å². The summed E-state index contributed by atoms with van der Waals surface area (Å²) in [5, 5.41) is 12.6. The number of carbonyl (C=O) groups excluding carboxylic acids is 1. The average molecular weight is 314 g/mol. The van der Waals surface area contributed by atoms with Crippen LogP contribution in [0.4, 0.5) is 4.79 Å². The molecule has 3 rings (SSSR count). The molecule has 0 saturated carbocycles. The highest BCUT2D eigenvalue weighted by Crippen LogP contribution is 2.27. The zero-order valence-electron chi connectivity index (χ0n) is 13.3. The molecule has 0 spiro atoms. The van der Waals surface area contributed by atoms with Crippen LogP contribution in [0.15, 0.2) is 30.5 Å². The maximum absolute atomic E-state index is 11.8. The first-order valence-corrected chi connectivity index (χ1v) is 7.97. The van der Waals surface area contributed by atoms with Gasteiger partial charge in [-0.1, -0.05) is 18.2 Å². The second kappa shape index (κ2) is 7.17. The monoisotopic (exact) mass is 314 g/mol. The van der Waals surface area contributed by atoms with Crippen LogP contribution in [0.3, 0.4) is 0 Å². The third kappa shape index (κ3) is 4.03. The molecule has 6 heteroatoms. The third-order valence-corrected chi connectivity index (χ3v) is 4.05. The number of aromatic amines is 1.